The quantitative estimate of drug-likeness (QED) is 0.783. The van der Waals surface area contributed by atoms with Crippen LogP contribution in [0.4, 0.5) is 4.79 Å². The van der Waals surface area contributed by atoms with Gasteiger partial charge in [-0.2, -0.15) is 0 Å². The molecule has 0 aromatic heterocycles. The Kier molecular flexibility index (Phi) is 5.92. The molecule has 0 saturated carbocycles. The molecule has 7 nitrogen and oxygen atoms in total. The number of amides is 1. The summed E-state index contributed by atoms with van der Waals surface area (Å²) in [5.41, 5.74) is 0.357. The van der Waals surface area contributed by atoms with Crippen LogP contribution in [0.15, 0.2) is 30.3 Å². The largest absolute Gasteiger partial charge is 0.490 e. The molecule has 0 aliphatic carbocycles. The van der Waals surface area contributed by atoms with Gasteiger partial charge in [-0.3, -0.25) is 0 Å². The van der Waals surface area contributed by atoms with E-state index in [0.717, 1.165) is 23.6 Å². The van der Waals surface area contributed by atoms with Gasteiger partial charge in [-0.15, -0.1) is 0 Å². The van der Waals surface area contributed by atoms with Crippen LogP contribution in [0.3, 0.4) is 0 Å². The number of hydrogen-bond donors (Lipinski definition) is 1. The highest BCUT2D eigenvalue weighted by molar-refractivity contribution is 6.00. The highest BCUT2D eigenvalue weighted by Gasteiger charge is 2.25. The van der Waals surface area contributed by atoms with Gasteiger partial charge in [-0.05, 0) is 50.3 Å². The van der Waals surface area contributed by atoms with E-state index >= 15 is 0 Å². The molecular formula is C21H25NO6. The maximum Gasteiger partial charge on any atom is 0.407 e. The second-order valence-electron chi connectivity index (χ2n) is 7.09. The number of rotatable bonds is 5. The molecule has 1 amide bonds. The third-order valence-electron chi connectivity index (χ3n) is 4.65. The van der Waals surface area contributed by atoms with Crippen molar-refractivity contribution in [2.75, 3.05) is 20.2 Å². The van der Waals surface area contributed by atoms with E-state index in [1.165, 1.54) is 12.0 Å². The van der Waals surface area contributed by atoms with Crippen molar-refractivity contribution in [3.8, 4) is 11.5 Å². The lowest BCUT2D eigenvalue weighted by Gasteiger charge is -2.31. The van der Waals surface area contributed by atoms with E-state index in [1.807, 2.05) is 32.0 Å². The number of likely N-dealkylation sites (tertiary alicyclic amines) is 1. The molecule has 1 aliphatic rings. The number of hydrogen-bond acceptors (Lipinski definition) is 5. The predicted molar refractivity (Wildman–Crippen MR) is 104 cm³/mol. The molecular weight excluding hydrogens is 362 g/mol. The van der Waals surface area contributed by atoms with Crippen molar-refractivity contribution in [3.63, 3.8) is 0 Å². The second kappa shape index (κ2) is 8.37. The molecule has 0 radical (unpaired) electrons. The van der Waals surface area contributed by atoms with Gasteiger partial charge in [0.15, 0.2) is 0 Å². The van der Waals surface area contributed by atoms with Gasteiger partial charge in [0, 0.05) is 11.9 Å². The number of nitrogens with zero attached hydrogens (tertiary/aromatic N) is 1. The number of piperidine rings is 1. The molecule has 3 rings (SSSR count). The molecule has 1 aliphatic heterocycles. The van der Waals surface area contributed by atoms with E-state index < -0.39 is 12.1 Å². The first kappa shape index (κ1) is 19.8. The number of benzene rings is 2. The van der Waals surface area contributed by atoms with Crippen LogP contribution in [0.25, 0.3) is 10.8 Å². The smallest absolute Gasteiger partial charge is 0.407 e. The van der Waals surface area contributed by atoms with Crippen LogP contribution in [0.2, 0.25) is 0 Å². The maximum atomic E-state index is 12.2. The molecule has 2 aromatic rings. The van der Waals surface area contributed by atoms with Crippen LogP contribution in [0, 0.1) is 0 Å². The molecule has 1 atom stereocenters. The van der Waals surface area contributed by atoms with Crippen molar-refractivity contribution in [3.05, 3.63) is 35.9 Å². The number of fused-ring (bicyclic) bond motifs is 1. The van der Waals surface area contributed by atoms with Gasteiger partial charge in [0.1, 0.15) is 23.2 Å². The van der Waals surface area contributed by atoms with Crippen LogP contribution in [0.5, 0.6) is 11.5 Å². The average molecular weight is 387 g/mol. The SMILES string of the molecule is COC(=O)c1cc2cccc(OC3CCCN(C(=O)O)C3)c2cc1OC(C)C. The van der Waals surface area contributed by atoms with Gasteiger partial charge in [-0.1, -0.05) is 12.1 Å². The molecule has 1 heterocycles. The third kappa shape index (κ3) is 4.30. The van der Waals surface area contributed by atoms with Crippen LogP contribution < -0.4 is 9.47 Å². The number of carbonyl (C=O) groups excluding carboxylic acids is 1. The summed E-state index contributed by atoms with van der Waals surface area (Å²) in [7, 11) is 1.34. The molecule has 1 saturated heterocycles. The Hall–Kier alpha value is -2.96. The van der Waals surface area contributed by atoms with E-state index in [2.05, 4.69) is 0 Å². The standard InChI is InChI=1S/C21H25NO6/c1-13(2)27-19-11-16-14(10-17(19)20(23)26-3)6-4-8-18(16)28-15-7-5-9-22(12-15)21(24)25/h4,6,8,10-11,13,15H,5,7,9,12H2,1-3H3,(H,24,25). The van der Waals surface area contributed by atoms with Gasteiger partial charge in [-0.25, -0.2) is 9.59 Å². The summed E-state index contributed by atoms with van der Waals surface area (Å²) >= 11 is 0. The zero-order valence-corrected chi connectivity index (χ0v) is 16.3. The van der Waals surface area contributed by atoms with E-state index in [0.29, 0.717) is 30.2 Å². The Morgan fingerprint density at radius 2 is 2.00 bits per heavy atom. The maximum absolute atomic E-state index is 12.2. The van der Waals surface area contributed by atoms with Crippen molar-refractivity contribution >= 4 is 22.8 Å². The number of carbonyl (C=O) groups is 2. The summed E-state index contributed by atoms with van der Waals surface area (Å²) in [6.45, 7) is 4.63. The van der Waals surface area contributed by atoms with Crippen LogP contribution >= 0.6 is 0 Å². The molecule has 1 unspecified atom stereocenters. The lowest BCUT2D eigenvalue weighted by atomic mass is 10.0. The normalized spacial score (nSPS) is 16.9. The van der Waals surface area contributed by atoms with Crippen LogP contribution in [0.1, 0.15) is 37.0 Å². The summed E-state index contributed by atoms with van der Waals surface area (Å²) < 4.78 is 16.9. The lowest BCUT2D eigenvalue weighted by molar-refractivity contribution is 0.0594. The number of ether oxygens (including phenoxy) is 3. The third-order valence-corrected chi connectivity index (χ3v) is 4.65. The van der Waals surface area contributed by atoms with Crippen molar-refractivity contribution in [1.82, 2.24) is 4.90 Å². The first-order valence-electron chi connectivity index (χ1n) is 9.35. The molecule has 2 aromatic carbocycles. The fourth-order valence-electron chi connectivity index (χ4n) is 3.39. The Balaban J connectivity index is 1.97. The summed E-state index contributed by atoms with van der Waals surface area (Å²) in [4.78, 5) is 24.8. The molecule has 1 fully saturated rings. The molecule has 1 N–H and O–H groups in total. The molecule has 0 bridgehead atoms. The number of esters is 1. The van der Waals surface area contributed by atoms with E-state index in [1.54, 1.807) is 12.1 Å². The van der Waals surface area contributed by atoms with E-state index in [-0.39, 0.29) is 12.2 Å². The molecule has 28 heavy (non-hydrogen) atoms. The molecule has 150 valence electrons. The minimum absolute atomic E-state index is 0.114. The fraction of sp³-hybridized carbons (Fsp3) is 0.429. The van der Waals surface area contributed by atoms with Gasteiger partial charge >= 0.3 is 12.1 Å². The van der Waals surface area contributed by atoms with Gasteiger partial charge < -0.3 is 24.2 Å². The van der Waals surface area contributed by atoms with Crippen molar-refractivity contribution in [2.24, 2.45) is 0 Å². The topological polar surface area (TPSA) is 85.3 Å². The summed E-state index contributed by atoms with van der Waals surface area (Å²) in [5.74, 6) is 0.606. The minimum Gasteiger partial charge on any atom is -0.490 e. The fourth-order valence-corrected chi connectivity index (χ4v) is 3.39. The Morgan fingerprint density at radius 3 is 2.68 bits per heavy atom. The van der Waals surface area contributed by atoms with E-state index in [4.69, 9.17) is 14.2 Å². The van der Waals surface area contributed by atoms with Crippen molar-refractivity contribution < 1.29 is 28.9 Å². The Morgan fingerprint density at radius 1 is 1.21 bits per heavy atom. The highest BCUT2D eigenvalue weighted by Crippen LogP contribution is 2.34. The first-order chi connectivity index (χ1) is 13.4. The van der Waals surface area contributed by atoms with Gasteiger partial charge in [0.05, 0.1) is 19.8 Å². The van der Waals surface area contributed by atoms with E-state index in [9.17, 15) is 14.7 Å². The zero-order valence-electron chi connectivity index (χ0n) is 16.3. The molecule has 7 heteroatoms. The number of methoxy groups -OCH3 is 1. The first-order valence-corrected chi connectivity index (χ1v) is 9.35. The van der Waals surface area contributed by atoms with Gasteiger partial charge in [0.25, 0.3) is 0 Å². The lowest BCUT2D eigenvalue weighted by Crippen LogP contribution is -2.43. The van der Waals surface area contributed by atoms with Crippen molar-refractivity contribution in [1.29, 1.82) is 0 Å². The highest BCUT2D eigenvalue weighted by atomic mass is 16.5. The second-order valence-corrected chi connectivity index (χ2v) is 7.09. The Labute approximate surface area is 163 Å². The average Bonchev–Trinajstić information content (AvgIpc) is 2.67. The summed E-state index contributed by atoms with van der Waals surface area (Å²) in [6.07, 6.45) is 0.286. The predicted octanol–water partition coefficient (Wildman–Crippen LogP) is 3.93. The minimum atomic E-state index is -0.929. The van der Waals surface area contributed by atoms with Crippen LogP contribution in [-0.4, -0.2) is 54.5 Å². The Bertz CT molecular complexity index is 879. The summed E-state index contributed by atoms with van der Waals surface area (Å²) in [5, 5.41) is 10.9. The number of carboxylic acid groups (broad SMARTS) is 1. The molecule has 0 spiro atoms. The van der Waals surface area contributed by atoms with Crippen LogP contribution in [-0.2, 0) is 4.74 Å². The summed E-state index contributed by atoms with van der Waals surface area (Å²) in [6, 6.07) is 9.10. The zero-order chi connectivity index (χ0) is 20.3. The van der Waals surface area contributed by atoms with Crippen molar-refractivity contribution in [2.45, 2.75) is 38.9 Å². The monoisotopic (exact) mass is 387 g/mol. The van der Waals surface area contributed by atoms with Gasteiger partial charge in [0.2, 0.25) is 0 Å².